The standard InChI is InChI=1S/C20H20N4O3/c1-3-27-18-10-5-4-9-16(18)24-20(25)17-12-19(22-13-21-17)23-14-7-6-8-15(11-14)26-2/h4-13H,3H2,1-2H3,(H,24,25)(H,21,22,23). The van der Waals surface area contributed by atoms with Crippen molar-refractivity contribution in [1.82, 2.24) is 9.97 Å². The van der Waals surface area contributed by atoms with Crippen LogP contribution in [0, 0.1) is 0 Å². The summed E-state index contributed by atoms with van der Waals surface area (Å²) in [5, 5.41) is 5.95. The lowest BCUT2D eigenvalue weighted by molar-refractivity contribution is 0.102. The van der Waals surface area contributed by atoms with E-state index >= 15 is 0 Å². The van der Waals surface area contributed by atoms with Crippen LogP contribution in [0.25, 0.3) is 0 Å². The highest BCUT2D eigenvalue weighted by Gasteiger charge is 2.12. The zero-order valence-corrected chi connectivity index (χ0v) is 15.1. The van der Waals surface area contributed by atoms with Crippen molar-refractivity contribution in [3.8, 4) is 11.5 Å². The number of benzene rings is 2. The van der Waals surface area contributed by atoms with Crippen LogP contribution >= 0.6 is 0 Å². The monoisotopic (exact) mass is 364 g/mol. The SMILES string of the molecule is CCOc1ccccc1NC(=O)c1cc(Nc2cccc(OC)c2)ncn1. The highest BCUT2D eigenvalue weighted by molar-refractivity contribution is 6.04. The van der Waals surface area contributed by atoms with Crippen LogP contribution in [-0.4, -0.2) is 29.6 Å². The molecule has 0 saturated heterocycles. The van der Waals surface area contributed by atoms with Crippen LogP contribution in [-0.2, 0) is 0 Å². The molecule has 1 heterocycles. The molecule has 0 spiro atoms. The third-order valence-corrected chi connectivity index (χ3v) is 3.68. The van der Waals surface area contributed by atoms with Crippen molar-refractivity contribution < 1.29 is 14.3 Å². The predicted octanol–water partition coefficient (Wildman–Crippen LogP) is 3.88. The van der Waals surface area contributed by atoms with E-state index in [1.54, 1.807) is 25.3 Å². The Morgan fingerprint density at radius 1 is 1.07 bits per heavy atom. The van der Waals surface area contributed by atoms with Crippen LogP contribution in [0.15, 0.2) is 60.9 Å². The number of nitrogens with zero attached hydrogens (tertiary/aromatic N) is 2. The van der Waals surface area contributed by atoms with Crippen molar-refractivity contribution in [3.63, 3.8) is 0 Å². The van der Waals surface area contributed by atoms with Crippen LogP contribution in [0.2, 0.25) is 0 Å². The first-order valence-electron chi connectivity index (χ1n) is 8.46. The number of rotatable bonds is 7. The topological polar surface area (TPSA) is 85.4 Å². The Bertz CT molecular complexity index is 930. The molecule has 2 aromatic carbocycles. The molecule has 0 aliphatic heterocycles. The fraction of sp³-hybridized carbons (Fsp3) is 0.150. The molecule has 138 valence electrons. The van der Waals surface area contributed by atoms with E-state index in [4.69, 9.17) is 9.47 Å². The average Bonchev–Trinajstić information content (AvgIpc) is 2.70. The van der Waals surface area contributed by atoms with Gasteiger partial charge in [-0.15, -0.1) is 0 Å². The molecule has 3 rings (SSSR count). The van der Waals surface area contributed by atoms with Gasteiger partial charge in [-0.25, -0.2) is 9.97 Å². The lowest BCUT2D eigenvalue weighted by atomic mass is 10.2. The lowest BCUT2D eigenvalue weighted by Gasteiger charge is -2.11. The maximum atomic E-state index is 12.6. The summed E-state index contributed by atoms with van der Waals surface area (Å²) in [6.45, 7) is 2.40. The van der Waals surface area contributed by atoms with Gasteiger partial charge in [0, 0.05) is 17.8 Å². The van der Waals surface area contributed by atoms with Crippen molar-refractivity contribution in [3.05, 3.63) is 66.6 Å². The van der Waals surface area contributed by atoms with E-state index in [1.165, 1.54) is 6.33 Å². The lowest BCUT2D eigenvalue weighted by Crippen LogP contribution is -2.15. The number of hydrogen-bond acceptors (Lipinski definition) is 6. The van der Waals surface area contributed by atoms with Crippen molar-refractivity contribution in [1.29, 1.82) is 0 Å². The number of methoxy groups -OCH3 is 1. The smallest absolute Gasteiger partial charge is 0.274 e. The number of carbonyl (C=O) groups is 1. The zero-order valence-electron chi connectivity index (χ0n) is 15.1. The first-order valence-corrected chi connectivity index (χ1v) is 8.46. The number of para-hydroxylation sites is 2. The molecule has 2 N–H and O–H groups in total. The van der Waals surface area contributed by atoms with Gasteiger partial charge in [0.2, 0.25) is 0 Å². The summed E-state index contributed by atoms with van der Waals surface area (Å²) < 4.78 is 10.7. The van der Waals surface area contributed by atoms with Gasteiger partial charge in [0.15, 0.2) is 0 Å². The molecular weight excluding hydrogens is 344 g/mol. The number of anilines is 3. The van der Waals surface area contributed by atoms with Crippen molar-refractivity contribution in [2.75, 3.05) is 24.4 Å². The minimum Gasteiger partial charge on any atom is -0.497 e. The number of hydrogen-bond donors (Lipinski definition) is 2. The molecule has 0 aliphatic carbocycles. The van der Waals surface area contributed by atoms with Gasteiger partial charge in [0.05, 0.1) is 19.4 Å². The summed E-state index contributed by atoms with van der Waals surface area (Å²) in [5.74, 6) is 1.48. The molecule has 3 aromatic rings. The summed E-state index contributed by atoms with van der Waals surface area (Å²) in [4.78, 5) is 20.8. The average molecular weight is 364 g/mol. The molecule has 1 aromatic heterocycles. The molecule has 0 atom stereocenters. The fourth-order valence-corrected chi connectivity index (χ4v) is 2.44. The van der Waals surface area contributed by atoms with Gasteiger partial charge in [0.1, 0.15) is 29.3 Å². The second-order valence-electron chi connectivity index (χ2n) is 5.53. The molecule has 0 saturated carbocycles. The van der Waals surface area contributed by atoms with E-state index in [0.29, 0.717) is 23.9 Å². The van der Waals surface area contributed by atoms with Crippen LogP contribution < -0.4 is 20.1 Å². The van der Waals surface area contributed by atoms with Gasteiger partial charge in [-0.2, -0.15) is 0 Å². The minimum atomic E-state index is -0.349. The maximum Gasteiger partial charge on any atom is 0.274 e. The van der Waals surface area contributed by atoms with E-state index in [-0.39, 0.29) is 11.6 Å². The molecule has 0 bridgehead atoms. The minimum absolute atomic E-state index is 0.238. The number of ether oxygens (including phenoxy) is 2. The summed E-state index contributed by atoms with van der Waals surface area (Å²) in [6.07, 6.45) is 1.34. The molecule has 0 aliphatic rings. The fourth-order valence-electron chi connectivity index (χ4n) is 2.44. The van der Waals surface area contributed by atoms with Crippen molar-refractivity contribution >= 4 is 23.1 Å². The van der Waals surface area contributed by atoms with E-state index in [1.807, 2.05) is 43.3 Å². The molecule has 0 unspecified atom stereocenters. The molecule has 27 heavy (non-hydrogen) atoms. The first-order chi connectivity index (χ1) is 13.2. The van der Waals surface area contributed by atoms with Crippen LogP contribution in [0.4, 0.5) is 17.2 Å². The number of aromatic nitrogens is 2. The Kier molecular flexibility index (Phi) is 5.84. The van der Waals surface area contributed by atoms with E-state index in [0.717, 1.165) is 11.4 Å². The molecule has 7 nitrogen and oxygen atoms in total. The third-order valence-electron chi connectivity index (χ3n) is 3.68. The summed E-state index contributed by atoms with van der Waals surface area (Å²) >= 11 is 0. The Morgan fingerprint density at radius 2 is 1.93 bits per heavy atom. The van der Waals surface area contributed by atoms with E-state index in [2.05, 4.69) is 20.6 Å². The van der Waals surface area contributed by atoms with Gasteiger partial charge < -0.3 is 20.1 Å². The first kappa shape index (κ1) is 18.2. The largest absolute Gasteiger partial charge is 0.497 e. The van der Waals surface area contributed by atoms with Crippen molar-refractivity contribution in [2.24, 2.45) is 0 Å². The van der Waals surface area contributed by atoms with Crippen LogP contribution in [0.1, 0.15) is 17.4 Å². The Labute approximate surface area is 157 Å². The third kappa shape index (κ3) is 4.72. The Hall–Kier alpha value is -3.61. The second-order valence-corrected chi connectivity index (χ2v) is 5.53. The highest BCUT2D eigenvalue weighted by Crippen LogP contribution is 2.24. The van der Waals surface area contributed by atoms with Gasteiger partial charge in [0.25, 0.3) is 5.91 Å². The summed E-state index contributed by atoms with van der Waals surface area (Å²) in [5.41, 5.74) is 1.62. The summed E-state index contributed by atoms with van der Waals surface area (Å²) in [7, 11) is 1.60. The second kappa shape index (κ2) is 8.66. The van der Waals surface area contributed by atoms with Crippen molar-refractivity contribution in [2.45, 2.75) is 6.92 Å². The Morgan fingerprint density at radius 3 is 2.74 bits per heavy atom. The number of nitrogens with one attached hydrogen (secondary N) is 2. The highest BCUT2D eigenvalue weighted by atomic mass is 16.5. The van der Waals surface area contributed by atoms with Gasteiger partial charge >= 0.3 is 0 Å². The van der Waals surface area contributed by atoms with Crippen LogP contribution in [0.3, 0.4) is 0 Å². The van der Waals surface area contributed by atoms with E-state index < -0.39 is 0 Å². The summed E-state index contributed by atoms with van der Waals surface area (Å²) in [6, 6.07) is 16.3. The van der Waals surface area contributed by atoms with Gasteiger partial charge in [-0.05, 0) is 31.2 Å². The molecule has 0 radical (unpaired) electrons. The van der Waals surface area contributed by atoms with Gasteiger partial charge in [-0.3, -0.25) is 4.79 Å². The zero-order chi connectivity index (χ0) is 19.1. The van der Waals surface area contributed by atoms with E-state index in [9.17, 15) is 4.79 Å². The Balaban J connectivity index is 1.76. The maximum absolute atomic E-state index is 12.6. The normalized spacial score (nSPS) is 10.1. The number of carbonyl (C=O) groups excluding carboxylic acids is 1. The quantitative estimate of drug-likeness (QED) is 0.662. The molecule has 0 fully saturated rings. The van der Waals surface area contributed by atoms with Gasteiger partial charge in [-0.1, -0.05) is 18.2 Å². The predicted molar refractivity (Wildman–Crippen MR) is 104 cm³/mol. The molecular formula is C20H20N4O3. The van der Waals surface area contributed by atoms with Crippen LogP contribution in [0.5, 0.6) is 11.5 Å². The number of amides is 1. The molecule has 1 amide bonds. The molecule has 7 heteroatoms.